The Balaban J connectivity index is 1.60. The maximum Gasteiger partial charge on any atom is 0.255 e. The highest BCUT2D eigenvalue weighted by Crippen LogP contribution is 2.37. The fourth-order valence-corrected chi connectivity index (χ4v) is 4.25. The summed E-state index contributed by atoms with van der Waals surface area (Å²) in [7, 11) is 0. The lowest BCUT2D eigenvalue weighted by Crippen LogP contribution is -2.31. The van der Waals surface area contributed by atoms with Crippen LogP contribution < -0.4 is 10.6 Å². The molecule has 1 aliphatic rings. The van der Waals surface area contributed by atoms with E-state index in [1.807, 2.05) is 72.3 Å². The zero-order chi connectivity index (χ0) is 23.7. The first-order valence-electron chi connectivity index (χ1n) is 11.5. The number of allylic oxidation sites excluding steroid dienone is 1. The molecule has 2 heterocycles. The molecule has 2 N–H and O–H groups in total. The largest absolute Gasteiger partial charge is 0.328 e. The lowest BCUT2D eigenvalue weighted by atomic mass is 9.93. The summed E-state index contributed by atoms with van der Waals surface area (Å²) in [6.07, 6.45) is 0. The Labute approximate surface area is 199 Å². The maximum atomic E-state index is 13.6. The fourth-order valence-electron chi connectivity index (χ4n) is 4.25. The molecular formula is C28H27N5O. The molecule has 0 aliphatic carbocycles. The van der Waals surface area contributed by atoms with Crippen molar-refractivity contribution in [3.8, 4) is 11.4 Å². The molecule has 3 aromatic carbocycles. The lowest BCUT2D eigenvalue weighted by molar-refractivity contribution is -0.113. The number of nitrogens with one attached hydrogen (secondary N) is 2. The molecule has 0 fully saturated rings. The third-order valence-electron chi connectivity index (χ3n) is 6.08. The van der Waals surface area contributed by atoms with Crippen molar-refractivity contribution < 1.29 is 4.79 Å². The molecule has 6 heteroatoms. The van der Waals surface area contributed by atoms with Gasteiger partial charge in [0.2, 0.25) is 5.95 Å². The van der Waals surface area contributed by atoms with Gasteiger partial charge in [-0.1, -0.05) is 86.6 Å². The van der Waals surface area contributed by atoms with Gasteiger partial charge in [0.25, 0.3) is 5.91 Å². The fraction of sp³-hybridized carbons (Fsp3) is 0.179. The Kier molecular flexibility index (Phi) is 5.72. The van der Waals surface area contributed by atoms with Crippen LogP contribution in [0.4, 0.5) is 11.6 Å². The molecule has 6 nitrogen and oxygen atoms in total. The van der Waals surface area contributed by atoms with Crippen LogP contribution in [0.1, 0.15) is 43.9 Å². The summed E-state index contributed by atoms with van der Waals surface area (Å²) in [5.41, 5.74) is 5.26. The molecular weight excluding hydrogens is 422 g/mol. The van der Waals surface area contributed by atoms with Crippen LogP contribution in [-0.2, 0) is 4.79 Å². The molecule has 170 valence electrons. The van der Waals surface area contributed by atoms with E-state index in [4.69, 9.17) is 10.1 Å². The second-order valence-corrected chi connectivity index (χ2v) is 8.78. The summed E-state index contributed by atoms with van der Waals surface area (Å²) >= 11 is 0. The Morgan fingerprint density at radius 2 is 1.59 bits per heavy atom. The smallest absolute Gasteiger partial charge is 0.255 e. The molecule has 0 spiro atoms. The number of rotatable bonds is 5. The minimum absolute atomic E-state index is 0.170. The summed E-state index contributed by atoms with van der Waals surface area (Å²) in [6, 6.07) is 27.4. The van der Waals surface area contributed by atoms with E-state index in [-0.39, 0.29) is 5.91 Å². The first kappa shape index (κ1) is 21.6. The number of hydrogen-bond acceptors (Lipinski definition) is 4. The molecule has 1 unspecified atom stereocenters. The number of benzene rings is 3. The number of hydrogen-bond donors (Lipinski definition) is 2. The molecule has 34 heavy (non-hydrogen) atoms. The molecule has 1 amide bonds. The van der Waals surface area contributed by atoms with Crippen LogP contribution in [-0.4, -0.2) is 20.7 Å². The molecule has 1 aliphatic heterocycles. The number of nitrogens with zero attached hydrogens (tertiary/aromatic N) is 3. The Morgan fingerprint density at radius 1 is 0.941 bits per heavy atom. The van der Waals surface area contributed by atoms with Crippen molar-refractivity contribution in [2.45, 2.75) is 32.7 Å². The minimum Gasteiger partial charge on any atom is -0.328 e. The standard InChI is InChI=1S/C28H27N5O/c1-18(2)20-14-16-21(17-15-20)25-24(27(34)30-23-12-8-5-9-13-23)19(3)29-28-31-26(32-33(25)28)22-10-6-4-7-11-22/h4-18,25H,1-3H3,(H,30,34)(H,29,31,32). The number of aromatic nitrogens is 3. The summed E-state index contributed by atoms with van der Waals surface area (Å²) in [5.74, 6) is 1.48. The zero-order valence-electron chi connectivity index (χ0n) is 19.5. The minimum atomic E-state index is -0.411. The van der Waals surface area contributed by atoms with Crippen molar-refractivity contribution in [2.24, 2.45) is 0 Å². The topological polar surface area (TPSA) is 71.8 Å². The zero-order valence-corrected chi connectivity index (χ0v) is 19.5. The van der Waals surface area contributed by atoms with Crippen molar-refractivity contribution in [1.29, 1.82) is 0 Å². The molecule has 0 radical (unpaired) electrons. The van der Waals surface area contributed by atoms with Gasteiger partial charge in [0.1, 0.15) is 6.04 Å². The van der Waals surface area contributed by atoms with Crippen LogP contribution in [0.2, 0.25) is 0 Å². The van der Waals surface area contributed by atoms with Gasteiger partial charge >= 0.3 is 0 Å². The number of fused-ring (bicyclic) bond motifs is 1. The van der Waals surface area contributed by atoms with Gasteiger partial charge in [-0.25, -0.2) is 4.68 Å². The van der Waals surface area contributed by atoms with Crippen LogP contribution in [0, 0.1) is 0 Å². The first-order valence-corrected chi connectivity index (χ1v) is 11.5. The van der Waals surface area contributed by atoms with Crippen molar-refractivity contribution in [1.82, 2.24) is 14.8 Å². The maximum absolute atomic E-state index is 13.6. The third kappa shape index (κ3) is 4.10. The van der Waals surface area contributed by atoms with Crippen LogP contribution in [0.15, 0.2) is 96.2 Å². The number of para-hydroxylation sites is 1. The highest BCUT2D eigenvalue weighted by molar-refractivity contribution is 6.06. The van der Waals surface area contributed by atoms with E-state index in [9.17, 15) is 4.79 Å². The predicted octanol–water partition coefficient (Wildman–Crippen LogP) is 6.00. The van der Waals surface area contributed by atoms with E-state index in [1.54, 1.807) is 0 Å². The van der Waals surface area contributed by atoms with Crippen LogP contribution in [0.25, 0.3) is 11.4 Å². The summed E-state index contributed by atoms with van der Waals surface area (Å²) < 4.78 is 1.82. The van der Waals surface area contributed by atoms with E-state index in [1.165, 1.54) is 5.56 Å². The molecule has 0 bridgehead atoms. The van der Waals surface area contributed by atoms with E-state index in [0.29, 0.717) is 23.3 Å². The number of amides is 1. The Bertz CT molecular complexity index is 1340. The molecule has 5 rings (SSSR count). The second kappa shape index (κ2) is 8.98. The van der Waals surface area contributed by atoms with Crippen LogP contribution in [0.3, 0.4) is 0 Å². The van der Waals surface area contributed by atoms with Gasteiger partial charge in [0, 0.05) is 16.9 Å². The van der Waals surface area contributed by atoms with Gasteiger partial charge < -0.3 is 10.6 Å². The van der Waals surface area contributed by atoms with Gasteiger partial charge in [0.05, 0.1) is 5.57 Å². The Morgan fingerprint density at radius 3 is 2.24 bits per heavy atom. The molecule has 0 saturated carbocycles. The first-order chi connectivity index (χ1) is 16.5. The summed E-state index contributed by atoms with van der Waals surface area (Å²) in [6.45, 7) is 6.25. The average molecular weight is 450 g/mol. The highest BCUT2D eigenvalue weighted by atomic mass is 16.1. The van der Waals surface area contributed by atoms with Crippen molar-refractivity contribution in [3.63, 3.8) is 0 Å². The number of carbonyl (C=O) groups is 1. The van der Waals surface area contributed by atoms with E-state index in [2.05, 4.69) is 48.7 Å². The molecule has 1 aromatic heterocycles. The van der Waals surface area contributed by atoms with Gasteiger partial charge in [0.15, 0.2) is 5.82 Å². The molecule has 4 aromatic rings. The van der Waals surface area contributed by atoms with Gasteiger partial charge in [-0.05, 0) is 36.1 Å². The van der Waals surface area contributed by atoms with Gasteiger partial charge in [-0.2, -0.15) is 4.98 Å². The third-order valence-corrected chi connectivity index (χ3v) is 6.08. The van der Waals surface area contributed by atoms with Crippen molar-refractivity contribution in [3.05, 3.63) is 107 Å². The molecule has 0 saturated heterocycles. The monoisotopic (exact) mass is 449 g/mol. The number of carbonyl (C=O) groups excluding carboxylic acids is 1. The SMILES string of the molecule is CC1=C(C(=O)Nc2ccccc2)C(c2ccc(C(C)C)cc2)n2nc(-c3ccccc3)nc2N1. The van der Waals surface area contributed by atoms with E-state index in [0.717, 1.165) is 22.5 Å². The van der Waals surface area contributed by atoms with Gasteiger partial charge in [-0.15, -0.1) is 5.10 Å². The quantitative estimate of drug-likeness (QED) is 0.392. The van der Waals surface area contributed by atoms with E-state index >= 15 is 0 Å². The van der Waals surface area contributed by atoms with Crippen molar-refractivity contribution >= 4 is 17.5 Å². The second-order valence-electron chi connectivity index (χ2n) is 8.78. The summed E-state index contributed by atoms with van der Waals surface area (Å²) in [5, 5.41) is 11.2. The predicted molar refractivity (Wildman–Crippen MR) is 136 cm³/mol. The van der Waals surface area contributed by atoms with Gasteiger partial charge in [-0.3, -0.25) is 4.79 Å². The van der Waals surface area contributed by atoms with Crippen LogP contribution >= 0.6 is 0 Å². The summed E-state index contributed by atoms with van der Waals surface area (Å²) in [4.78, 5) is 18.3. The lowest BCUT2D eigenvalue weighted by Gasteiger charge is -2.29. The van der Waals surface area contributed by atoms with Crippen LogP contribution in [0.5, 0.6) is 0 Å². The molecule has 1 atom stereocenters. The van der Waals surface area contributed by atoms with Crippen molar-refractivity contribution in [2.75, 3.05) is 10.6 Å². The van der Waals surface area contributed by atoms with E-state index < -0.39 is 6.04 Å². The average Bonchev–Trinajstić information content (AvgIpc) is 3.28. The Hall–Kier alpha value is -4.19. The normalized spacial score (nSPS) is 15.1. The highest BCUT2D eigenvalue weighted by Gasteiger charge is 2.34. The number of anilines is 2.